The molecule has 1 aliphatic heterocycles. The van der Waals surface area contributed by atoms with Crippen molar-refractivity contribution in [1.82, 2.24) is 19.6 Å². The van der Waals surface area contributed by atoms with Crippen LogP contribution in [-0.4, -0.2) is 39.5 Å². The SMILES string of the molecule is COc1ccc(C2c3c(ccc4ccccc34)Oc3ncn4nc(CO/N=C(/C)c5ccccc5)nc4c32)cc1OC. The Morgan fingerprint density at radius 1 is 0.905 bits per heavy atom. The molecule has 1 unspecified atom stereocenters. The number of fused-ring (bicyclic) bond motifs is 6. The molecule has 6 aromatic rings. The number of hydrogen-bond donors (Lipinski definition) is 0. The van der Waals surface area contributed by atoms with Crippen LogP contribution in [0.2, 0.25) is 0 Å². The van der Waals surface area contributed by atoms with Gasteiger partial charge < -0.3 is 19.0 Å². The highest BCUT2D eigenvalue weighted by molar-refractivity contribution is 5.98. The molecule has 0 fully saturated rings. The van der Waals surface area contributed by atoms with Crippen molar-refractivity contribution in [3.63, 3.8) is 0 Å². The molecule has 0 amide bonds. The van der Waals surface area contributed by atoms with Gasteiger partial charge >= 0.3 is 0 Å². The van der Waals surface area contributed by atoms with Crippen molar-refractivity contribution in [2.75, 3.05) is 14.2 Å². The number of oxime groups is 1. The molecule has 0 spiro atoms. The number of hydrogen-bond acceptors (Lipinski definition) is 8. The lowest BCUT2D eigenvalue weighted by Crippen LogP contribution is -2.15. The fraction of sp³-hybridized carbons (Fsp3) is 0.152. The predicted octanol–water partition coefficient (Wildman–Crippen LogP) is 6.52. The Balaban J connectivity index is 1.36. The molecular formula is C33H27N5O4. The number of rotatable bonds is 7. The first-order chi connectivity index (χ1) is 20.6. The number of methoxy groups -OCH3 is 2. The zero-order valence-corrected chi connectivity index (χ0v) is 23.3. The topological polar surface area (TPSA) is 92.4 Å². The van der Waals surface area contributed by atoms with E-state index in [4.69, 9.17) is 24.0 Å². The van der Waals surface area contributed by atoms with Gasteiger partial charge in [-0.05, 0) is 47.0 Å². The van der Waals surface area contributed by atoms with Gasteiger partial charge in [-0.15, -0.1) is 5.10 Å². The quantitative estimate of drug-likeness (QED) is 0.163. The molecule has 9 heteroatoms. The van der Waals surface area contributed by atoms with Crippen LogP contribution in [0.3, 0.4) is 0 Å². The molecule has 4 aromatic carbocycles. The lowest BCUT2D eigenvalue weighted by molar-refractivity contribution is 0.125. The van der Waals surface area contributed by atoms with Gasteiger partial charge in [-0.3, -0.25) is 0 Å². The highest BCUT2D eigenvalue weighted by Gasteiger charge is 2.35. The molecule has 1 atom stereocenters. The lowest BCUT2D eigenvalue weighted by atomic mass is 9.81. The van der Waals surface area contributed by atoms with Gasteiger partial charge in [0.1, 0.15) is 12.1 Å². The van der Waals surface area contributed by atoms with Crippen LogP contribution in [0.1, 0.15) is 40.9 Å². The summed E-state index contributed by atoms with van der Waals surface area (Å²) in [5, 5.41) is 11.1. The second-order valence-corrected chi connectivity index (χ2v) is 9.92. The Kier molecular flexibility index (Phi) is 6.39. The molecule has 0 saturated heterocycles. The van der Waals surface area contributed by atoms with Gasteiger partial charge in [0.15, 0.2) is 29.6 Å². The first kappa shape index (κ1) is 25.5. The van der Waals surface area contributed by atoms with Crippen molar-refractivity contribution in [1.29, 1.82) is 0 Å². The minimum Gasteiger partial charge on any atom is -0.493 e. The third-order valence-corrected chi connectivity index (χ3v) is 7.47. The smallest absolute Gasteiger partial charge is 0.228 e. The Morgan fingerprint density at radius 3 is 2.55 bits per heavy atom. The fourth-order valence-electron chi connectivity index (χ4n) is 5.49. The monoisotopic (exact) mass is 557 g/mol. The van der Waals surface area contributed by atoms with Crippen LogP contribution in [0, 0.1) is 0 Å². The molecule has 0 saturated carbocycles. The third-order valence-electron chi connectivity index (χ3n) is 7.47. The molecule has 0 radical (unpaired) electrons. The van der Waals surface area contributed by atoms with Crippen molar-refractivity contribution in [2.24, 2.45) is 5.16 Å². The lowest BCUT2D eigenvalue weighted by Gasteiger charge is -2.29. The van der Waals surface area contributed by atoms with Crippen LogP contribution in [-0.2, 0) is 11.4 Å². The van der Waals surface area contributed by atoms with E-state index in [2.05, 4.69) is 33.4 Å². The Morgan fingerprint density at radius 2 is 1.71 bits per heavy atom. The summed E-state index contributed by atoms with van der Waals surface area (Å²) in [5.41, 5.74) is 5.18. The van der Waals surface area contributed by atoms with Gasteiger partial charge in [-0.2, -0.15) is 0 Å². The van der Waals surface area contributed by atoms with Gasteiger partial charge in [0.2, 0.25) is 5.88 Å². The second kappa shape index (κ2) is 10.5. The van der Waals surface area contributed by atoms with E-state index < -0.39 is 0 Å². The van der Waals surface area contributed by atoms with Gasteiger partial charge in [0.25, 0.3) is 0 Å². The van der Waals surface area contributed by atoms with E-state index >= 15 is 0 Å². The highest BCUT2D eigenvalue weighted by Crippen LogP contribution is 2.51. The first-order valence-corrected chi connectivity index (χ1v) is 13.5. The van der Waals surface area contributed by atoms with Crippen LogP contribution >= 0.6 is 0 Å². The molecule has 2 aromatic heterocycles. The number of benzene rings is 4. The number of nitrogens with zero attached hydrogens (tertiary/aromatic N) is 5. The summed E-state index contributed by atoms with van der Waals surface area (Å²) < 4.78 is 19.3. The summed E-state index contributed by atoms with van der Waals surface area (Å²) in [7, 11) is 3.26. The molecular weight excluding hydrogens is 530 g/mol. The fourth-order valence-corrected chi connectivity index (χ4v) is 5.49. The van der Waals surface area contributed by atoms with Crippen LogP contribution in [0.4, 0.5) is 0 Å². The van der Waals surface area contributed by atoms with Crippen LogP contribution in [0.25, 0.3) is 16.4 Å². The van der Waals surface area contributed by atoms with Crippen molar-refractivity contribution in [2.45, 2.75) is 19.4 Å². The Labute approximate surface area is 242 Å². The minimum absolute atomic E-state index is 0.0992. The minimum atomic E-state index is -0.276. The summed E-state index contributed by atoms with van der Waals surface area (Å²) in [6.07, 6.45) is 1.61. The second-order valence-electron chi connectivity index (χ2n) is 9.92. The molecule has 42 heavy (non-hydrogen) atoms. The molecule has 3 heterocycles. The average Bonchev–Trinajstić information content (AvgIpc) is 3.47. The molecule has 7 rings (SSSR count). The maximum atomic E-state index is 6.42. The molecule has 0 N–H and O–H groups in total. The van der Waals surface area contributed by atoms with Gasteiger partial charge in [-0.1, -0.05) is 71.9 Å². The van der Waals surface area contributed by atoms with Gasteiger partial charge in [0, 0.05) is 11.5 Å². The normalized spacial score (nSPS) is 14.3. The summed E-state index contributed by atoms with van der Waals surface area (Å²) in [4.78, 5) is 15.2. The highest BCUT2D eigenvalue weighted by atomic mass is 16.6. The van der Waals surface area contributed by atoms with Gasteiger partial charge in [-0.25, -0.2) is 14.5 Å². The van der Waals surface area contributed by atoms with E-state index in [0.29, 0.717) is 28.9 Å². The van der Waals surface area contributed by atoms with Crippen LogP contribution < -0.4 is 14.2 Å². The van der Waals surface area contributed by atoms with E-state index in [0.717, 1.165) is 44.5 Å². The van der Waals surface area contributed by atoms with E-state index in [1.165, 1.54) is 0 Å². The summed E-state index contributed by atoms with van der Waals surface area (Å²) in [6.45, 7) is 2.00. The first-order valence-electron chi connectivity index (χ1n) is 13.5. The molecule has 0 bridgehead atoms. The number of ether oxygens (including phenoxy) is 3. The van der Waals surface area contributed by atoms with Crippen LogP contribution in [0.15, 0.2) is 96.4 Å². The summed E-state index contributed by atoms with van der Waals surface area (Å²) >= 11 is 0. The molecule has 0 aliphatic carbocycles. The Bertz CT molecular complexity index is 1970. The van der Waals surface area contributed by atoms with Crippen molar-refractivity contribution in [3.05, 3.63) is 119 Å². The maximum absolute atomic E-state index is 6.42. The predicted molar refractivity (Wildman–Crippen MR) is 159 cm³/mol. The van der Waals surface area contributed by atoms with Crippen LogP contribution in [0.5, 0.6) is 23.1 Å². The summed E-state index contributed by atoms with van der Waals surface area (Å²) in [5.74, 6) is 2.70. The van der Waals surface area contributed by atoms with Gasteiger partial charge in [0.05, 0.1) is 25.5 Å². The Hall–Kier alpha value is -5.44. The van der Waals surface area contributed by atoms with Crippen molar-refractivity contribution < 1.29 is 19.0 Å². The van der Waals surface area contributed by atoms with E-state index in [9.17, 15) is 0 Å². The van der Waals surface area contributed by atoms with E-state index in [1.54, 1.807) is 25.1 Å². The standard InChI is InChI=1S/C33H27N5O4/c1-20(21-9-5-4-6-10-21)37-41-18-28-35-32-31-29(23-14-15-25(39-2)27(17-23)40-3)30-24-12-8-7-11-22(24)13-16-26(30)42-33(31)34-19-38(32)36-28/h4-17,19,29H,18H2,1-3H3/b37-20-. The maximum Gasteiger partial charge on any atom is 0.228 e. The zero-order valence-electron chi connectivity index (χ0n) is 23.3. The zero-order chi connectivity index (χ0) is 28.6. The largest absolute Gasteiger partial charge is 0.493 e. The van der Waals surface area contributed by atoms with E-state index in [1.807, 2.05) is 73.7 Å². The average molecular weight is 558 g/mol. The molecule has 9 nitrogen and oxygen atoms in total. The summed E-state index contributed by atoms with van der Waals surface area (Å²) in [6, 6.07) is 28.1. The molecule has 208 valence electrons. The van der Waals surface area contributed by atoms with E-state index in [-0.39, 0.29) is 12.5 Å². The van der Waals surface area contributed by atoms with Crippen molar-refractivity contribution >= 4 is 22.1 Å². The molecule has 1 aliphatic rings. The van der Waals surface area contributed by atoms with Crippen molar-refractivity contribution in [3.8, 4) is 23.1 Å². The third kappa shape index (κ3) is 4.35. The number of aromatic nitrogens is 4.